The molecule has 9 aromatic rings. The molecule has 0 saturated carbocycles. The summed E-state index contributed by atoms with van der Waals surface area (Å²) in [6, 6.07) is 46.5. The van der Waals surface area contributed by atoms with Gasteiger partial charge in [-0.15, -0.1) is 0 Å². The lowest BCUT2D eigenvalue weighted by molar-refractivity contribution is -0.250. The number of esters is 1. The van der Waals surface area contributed by atoms with Crippen LogP contribution in [0.2, 0.25) is 0 Å². The summed E-state index contributed by atoms with van der Waals surface area (Å²) >= 11 is 3.52. The van der Waals surface area contributed by atoms with Crippen LogP contribution < -0.4 is 4.65 Å². The topological polar surface area (TPSA) is 324 Å². The van der Waals surface area contributed by atoms with Gasteiger partial charge in [0.25, 0.3) is 0 Å². The van der Waals surface area contributed by atoms with Gasteiger partial charge >= 0.3 is 13.7 Å². The number of carbonyl (C=O) groups is 1. The Hall–Kier alpha value is -7.20. The van der Waals surface area contributed by atoms with Gasteiger partial charge in [0.05, 0.1) is 35.9 Å². The number of fused-ring (bicyclic) bond motifs is 3. The van der Waals surface area contributed by atoms with E-state index in [1.165, 1.54) is 18.1 Å². The monoisotopic (exact) mass is 1390 g/mol. The van der Waals surface area contributed by atoms with Crippen LogP contribution in [0.25, 0.3) is 55.0 Å². The van der Waals surface area contributed by atoms with Crippen molar-refractivity contribution in [1.29, 1.82) is 0 Å². The molecule has 3 fully saturated rings. The van der Waals surface area contributed by atoms with E-state index in [0.717, 1.165) is 77.0 Å². The maximum atomic E-state index is 11.6. The highest BCUT2D eigenvalue weighted by molar-refractivity contribution is 9.10. The second-order valence-corrected chi connectivity index (χ2v) is 26.1. The van der Waals surface area contributed by atoms with E-state index in [4.69, 9.17) is 28.6 Å². The number of aromatic nitrogens is 3. The number of nitrogens with zero attached hydrogens (tertiary/aromatic N) is 3. The van der Waals surface area contributed by atoms with Crippen molar-refractivity contribution in [1.82, 2.24) is 15.0 Å². The summed E-state index contributed by atoms with van der Waals surface area (Å²) in [6.07, 6.45) is -9.90. The Bertz CT molecular complexity index is 3930. The number of benzene rings is 6. The Morgan fingerprint density at radius 1 is 0.526 bits per heavy atom. The molecular formula is C75H86BBrN3O17. The lowest BCUT2D eigenvalue weighted by atomic mass is 9.76. The van der Waals surface area contributed by atoms with Gasteiger partial charge in [-0.05, 0) is 143 Å². The van der Waals surface area contributed by atoms with Crippen LogP contribution >= 0.6 is 15.9 Å². The van der Waals surface area contributed by atoms with Crippen molar-refractivity contribution in [3.63, 3.8) is 0 Å². The van der Waals surface area contributed by atoms with E-state index in [9.17, 15) is 55.9 Å². The first-order chi connectivity index (χ1) is 46.5. The van der Waals surface area contributed by atoms with Crippen LogP contribution in [0, 0.1) is 32.6 Å². The standard InChI is InChI=1S/2C23H25NO6.C20H29BrO3.C9H7BNO2/c2*1-12-9-14(15-5-4-13-3-2-8-24-17(13)10-15)6-7-16(12)19(26)23-22(29)21(28)20(27)18(11-25)30-23;1-7-18-12(3)13(4)19(23-15(6)22)20(24-18)14(5)17-9-8-16(21)10-11(17)2;12-10-13-8-4-3-7-2-1-5-11-9(7)6-8/h2*2-10,18-23,25-29H,11H2,1H3;8-10,12-14,18-20H,7H2,1-6H3;1-6,12H/t2*18?,19-,20-,21+,22?,23-;12-,13-,14+,18?,19?,20+;/m110./s1. The van der Waals surface area contributed by atoms with Crippen LogP contribution in [0.1, 0.15) is 92.5 Å². The largest absolute Gasteiger partial charge is 0.569 e. The lowest BCUT2D eigenvalue weighted by Crippen LogP contribution is -2.59. The first-order valence-electron chi connectivity index (χ1n) is 32.4. The molecule has 18 atom stereocenters. The molecule has 22 heteroatoms. The molecule has 3 aliphatic heterocycles. The molecular weight excluding hydrogens is 1310 g/mol. The highest BCUT2D eigenvalue weighted by atomic mass is 79.9. The number of aryl methyl sites for hydroxylation is 3. The highest BCUT2D eigenvalue weighted by Gasteiger charge is 2.49. The van der Waals surface area contributed by atoms with Crippen molar-refractivity contribution in [3.8, 4) is 28.0 Å². The fraction of sp³-hybridized carbons (Fsp3) is 0.387. The fourth-order valence-corrected chi connectivity index (χ4v) is 13.6. The molecule has 6 unspecified atom stereocenters. The zero-order valence-electron chi connectivity index (χ0n) is 55.3. The van der Waals surface area contributed by atoms with Gasteiger partial charge in [0.1, 0.15) is 91.2 Å². The van der Waals surface area contributed by atoms with Gasteiger partial charge in [-0.3, -0.25) is 19.7 Å². The third kappa shape index (κ3) is 17.3. The maximum Gasteiger partial charge on any atom is 0.569 e. The van der Waals surface area contributed by atoms with Gasteiger partial charge in [0.2, 0.25) is 0 Å². The average molecular weight is 1390 g/mol. The summed E-state index contributed by atoms with van der Waals surface area (Å²) in [5.41, 5.74) is 11.6. The van der Waals surface area contributed by atoms with E-state index < -0.39 is 86.5 Å². The van der Waals surface area contributed by atoms with Crippen LogP contribution in [0.3, 0.4) is 0 Å². The van der Waals surface area contributed by atoms with Crippen molar-refractivity contribution in [2.75, 3.05) is 13.2 Å². The van der Waals surface area contributed by atoms with E-state index in [1.807, 2.05) is 117 Å². The molecule has 6 aromatic carbocycles. The average Bonchev–Trinajstić information content (AvgIpc) is 0.799. The van der Waals surface area contributed by atoms with Gasteiger partial charge in [0.15, 0.2) is 0 Å². The lowest BCUT2D eigenvalue weighted by Gasteiger charge is -2.46. The molecule has 97 heavy (non-hydrogen) atoms. The minimum Gasteiger partial charge on any atom is -0.537 e. The summed E-state index contributed by atoms with van der Waals surface area (Å²) in [5, 5.41) is 112. The Morgan fingerprint density at radius 2 is 0.938 bits per heavy atom. The first-order valence-corrected chi connectivity index (χ1v) is 33.2. The molecule has 0 amide bonds. The van der Waals surface area contributed by atoms with E-state index in [-0.39, 0.29) is 36.1 Å². The number of hydrogen-bond acceptors (Lipinski definition) is 20. The Kier molecular flexibility index (Phi) is 25.6. The van der Waals surface area contributed by atoms with E-state index in [2.05, 4.69) is 83.7 Å². The SMILES string of the molecule is CCC1O[C@H]([C@H](C)c2ccc(Br)cc2C)C(OC(C)=O)[C@@H](C)[C@@H]1C.Cc1cc(-c2ccc3cccnc3c2)ccc1[C@@H](O)[C@H]1OC(CO)[C@@H](O)[C@H](O)C1O.Cc1cc(-c2ccc3cccnc3c2)ccc1[C@@H](O)[C@H]1OC(CO)[C@@H](O)[C@H](O)C1O.O[B]Oc1ccc2cccnc2c1. The van der Waals surface area contributed by atoms with Crippen LogP contribution in [0.15, 0.2) is 169 Å². The molecule has 3 aromatic heterocycles. The van der Waals surface area contributed by atoms with Crippen molar-refractivity contribution >= 4 is 62.3 Å². The number of pyridine rings is 3. The van der Waals surface area contributed by atoms with Gasteiger partial charge in [-0.1, -0.05) is 129 Å². The smallest absolute Gasteiger partial charge is 0.537 e. The summed E-state index contributed by atoms with van der Waals surface area (Å²) in [6.45, 7) is 14.9. The number of halogens is 1. The normalized spacial score (nSPS) is 26.4. The van der Waals surface area contributed by atoms with Gasteiger partial charge in [-0.25, -0.2) is 0 Å². The number of aliphatic hydroxyl groups excluding tert-OH is 10. The van der Waals surface area contributed by atoms with E-state index >= 15 is 0 Å². The number of ether oxygens (including phenoxy) is 4. The molecule has 20 nitrogen and oxygen atoms in total. The molecule has 513 valence electrons. The molecule has 3 saturated heterocycles. The molecule has 3 aliphatic rings. The maximum absolute atomic E-state index is 11.6. The quantitative estimate of drug-likeness (QED) is 0.0359. The second-order valence-electron chi connectivity index (χ2n) is 25.2. The van der Waals surface area contributed by atoms with Crippen molar-refractivity contribution < 1.29 is 84.5 Å². The summed E-state index contributed by atoms with van der Waals surface area (Å²) < 4.78 is 29.0. The number of carbonyl (C=O) groups excluding carboxylic acids is 1. The number of hydrogen-bond donors (Lipinski definition) is 11. The third-order valence-electron chi connectivity index (χ3n) is 18.8. The minimum atomic E-state index is -1.53. The predicted molar refractivity (Wildman–Crippen MR) is 372 cm³/mol. The molecule has 0 aliphatic carbocycles. The van der Waals surface area contributed by atoms with E-state index in [0.29, 0.717) is 30.5 Å². The third-order valence-corrected chi connectivity index (χ3v) is 19.3. The van der Waals surface area contributed by atoms with Gasteiger partial charge < -0.3 is 79.7 Å². The summed E-state index contributed by atoms with van der Waals surface area (Å²) in [5.74, 6) is 1.15. The zero-order valence-corrected chi connectivity index (χ0v) is 56.9. The number of aliphatic hydroxyl groups is 10. The second kappa shape index (κ2) is 33.6. The van der Waals surface area contributed by atoms with Crippen molar-refractivity contribution in [2.24, 2.45) is 11.8 Å². The summed E-state index contributed by atoms with van der Waals surface area (Å²) in [4.78, 5) is 24.6. The molecule has 11 N–H and O–H groups in total. The fourth-order valence-electron chi connectivity index (χ4n) is 13.1. The minimum absolute atomic E-state index is 0.120. The Labute approximate surface area is 573 Å². The molecule has 6 heterocycles. The van der Waals surface area contributed by atoms with Crippen LogP contribution in [-0.2, 0) is 23.7 Å². The molecule has 1 radical (unpaired) electrons. The first kappa shape index (κ1) is 74.0. The molecule has 0 spiro atoms. The van der Waals surface area contributed by atoms with Gasteiger partial charge in [0, 0.05) is 64.0 Å². The summed E-state index contributed by atoms with van der Waals surface area (Å²) in [7, 11) is 0.657. The Morgan fingerprint density at radius 3 is 1.36 bits per heavy atom. The van der Waals surface area contributed by atoms with Crippen molar-refractivity contribution in [3.05, 3.63) is 202 Å². The van der Waals surface area contributed by atoms with Crippen LogP contribution in [-0.4, -0.2) is 177 Å². The molecule has 12 rings (SSSR count). The van der Waals surface area contributed by atoms with Gasteiger partial charge in [-0.2, -0.15) is 0 Å². The van der Waals surface area contributed by atoms with Crippen LogP contribution in [0.5, 0.6) is 5.75 Å². The zero-order chi connectivity index (χ0) is 69.9. The predicted octanol–water partition coefficient (Wildman–Crippen LogP) is 8.55. The van der Waals surface area contributed by atoms with Crippen LogP contribution in [0.4, 0.5) is 0 Å². The number of rotatable bonds is 14. The van der Waals surface area contributed by atoms with E-state index in [1.54, 1.807) is 42.9 Å². The Balaban J connectivity index is 0.000000157. The molecule has 0 bridgehead atoms. The highest BCUT2D eigenvalue weighted by Crippen LogP contribution is 2.42. The van der Waals surface area contributed by atoms with Crippen molar-refractivity contribution in [2.45, 2.75) is 159 Å².